The number of fused-ring (bicyclic) bond motifs is 1. The fraction of sp³-hybridized carbons (Fsp3) is 0.462. The second-order valence-corrected chi connectivity index (χ2v) is 4.30. The molecule has 0 aliphatic rings. The highest BCUT2D eigenvalue weighted by Gasteiger charge is 2.18. The molecule has 6 nitrogen and oxygen atoms in total. The highest BCUT2D eigenvalue weighted by molar-refractivity contribution is 6.03. The van der Waals surface area contributed by atoms with Crippen LogP contribution in [0.25, 0.3) is 11.0 Å². The lowest BCUT2D eigenvalue weighted by Gasteiger charge is -2.04. The first-order valence-electron chi connectivity index (χ1n) is 6.36. The van der Waals surface area contributed by atoms with Crippen LogP contribution in [0.2, 0.25) is 0 Å². The molecule has 0 spiro atoms. The monoisotopic (exact) mass is 263 g/mol. The molecule has 19 heavy (non-hydrogen) atoms. The number of aromatic nitrogens is 3. The standard InChI is InChI=1S/C13H17N3O3/c1-4-6-16-8(3)11-9(13(18)19-5-2)7-10(17)14-12(11)15-16/h7H,4-6H2,1-3H3,(H,14,15,17). The molecule has 0 amide bonds. The van der Waals surface area contributed by atoms with E-state index in [9.17, 15) is 9.59 Å². The van der Waals surface area contributed by atoms with Crippen LogP contribution < -0.4 is 5.56 Å². The van der Waals surface area contributed by atoms with E-state index in [1.165, 1.54) is 6.07 Å². The van der Waals surface area contributed by atoms with Gasteiger partial charge in [-0.15, -0.1) is 0 Å². The molecular formula is C13H17N3O3. The lowest BCUT2D eigenvalue weighted by atomic mass is 10.1. The van der Waals surface area contributed by atoms with E-state index in [-0.39, 0.29) is 17.7 Å². The Hall–Kier alpha value is -2.11. The van der Waals surface area contributed by atoms with Crippen LogP contribution >= 0.6 is 0 Å². The summed E-state index contributed by atoms with van der Waals surface area (Å²) in [6, 6.07) is 1.27. The van der Waals surface area contributed by atoms with Crippen LogP contribution in [-0.4, -0.2) is 27.3 Å². The van der Waals surface area contributed by atoms with E-state index in [0.29, 0.717) is 11.0 Å². The molecule has 2 aromatic rings. The smallest absolute Gasteiger partial charge is 0.339 e. The predicted octanol–water partition coefficient (Wildman–Crippen LogP) is 1.62. The first-order valence-corrected chi connectivity index (χ1v) is 6.36. The molecule has 0 saturated carbocycles. The van der Waals surface area contributed by atoms with Gasteiger partial charge in [-0.05, 0) is 20.3 Å². The number of nitrogens with zero attached hydrogens (tertiary/aromatic N) is 2. The van der Waals surface area contributed by atoms with Crippen molar-refractivity contribution in [2.24, 2.45) is 0 Å². The summed E-state index contributed by atoms with van der Waals surface area (Å²) in [6.07, 6.45) is 0.924. The molecule has 0 atom stereocenters. The minimum absolute atomic E-state index is 0.273. The average molecular weight is 263 g/mol. The van der Waals surface area contributed by atoms with Gasteiger partial charge in [0.1, 0.15) is 0 Å². The number of H-pyrrole nitrogens is 1. The van der Waals surface area contributed by atoms with Crippen molar-refractivity contribution in [3.63, 3.8) is 0 Å². The van der Waals surface area contributed by atoms with Crippen molar-refractivity contribution in [3.8, 4) is 0 Å². The molecule has 0 aromatic carbocycles. The van der Waals surface area contributed by atoms with Gasteiger partial charge in [0.2, 0.25) is 5.56 Å². The van der Waals surface area contributed by atoms with E-state index in [1.54, 1.807) is 11.6 Å². The summed E-state index contributed by atoms with van der Waals surface area (Å²) in [5, 5.41) is 4.98. The number of hydrogen-bond acceptors (Lipinski definition) is 4. The highest BCUT2D eigenvalue weighted by atomic mass is 16.5. The Bertz CT molecular complexity index is 670. The summed E-state index contributed by atoms with van der Waals surface area (Å²) in [5.41, 5.74) is 1.22. The summed E-state index contributed by atoms with van der Waals surface area (Å²) in [7, 11) is 0. The van der Waals surface area contributed by atoms with Crippen LogP contribution in [0, 0.1) is 6.92 Å². The van der Waals surface area contributed by atoms with Crippen molar-refractivity contribution in [1.29, 1.82) is 0 Å². The van der Waals surface area contributed by atoms with Crippen LogP contribution in [0.1, 0.15) is 36.3 Å². The molecule has 102 valence electrons. The van der Waals surface area contributed by atoms with E-state index in [2.05, 4.69) is 10.1 Å². The first kappa shape index (κ1) is 13.3. The quantitative estimate of drug-likeness (QED) is 0.850. The van der Waals surface area contributed by atoms with Crippen LogP contribution in [0.4, 0.5) is 0 Å². The molecule has 0 aliphatic heterocycles. The second kappa shape index (κ2) is 5.26. The number of esters is 1. The molecule has 2 rings (SSSR count). The Kier molecular flexibility index (Phi) is 3.69. The van der Waals surface area contributed by atoms with Gasteiger partial charge in [-0.25, -0.2) is 4.79 Å². The number of aromatic amines is 1. The molecule has 1 N–H and O–H groups in total. The lowest BCUT2D eigenvalue weighted by molar-refractivity contribution is 0.0528. The third-order valence-corrected chi connectivity index (χ3v) is 2.92. The third-order valence-electron chi connectivity index (χ3n) is 2.92. The average Bonchev–Trinajstić information content (AvgIpc) is 2.66. The zero-order chi connectivity index (χ0) is 14.0. The molecule has 0 radical (unpaired) electrons. The number of nitrogens with one attached hydrogen (secondary N) is 1. The van der Waals surface area contributed by atoms with Gasteiger partial charge >= 0.3 is 5.97 Å². The van der Waals surface area contributed by atoms with Crippen molar-refractivity contribution < 1.29 is 9.53 Å². The van der Waals surface area contributed by atoms with Gasteiger partial charge in [-0.3, -0.25) is 9.48 Å². The summed E-state index contributed by atoms with van der Waals surface area (Å²) in [6.45, 7) is 6.67. The number of carbonyl (C=O) groups excluding carboxylic acids is 1. The predicted molar refractivity (Wildman–Crippen MR) is 71.3 cm³/mol. The minimum atomic E-state index is -0.488. The molecule has 0 saturated heterocycles. The van der Waals surface area contributed by atoms with Crippen LogP contribution in [0.5, 0.6) is 0 Å². The molecule has 0 aliphatic carbocycles. The largest absolute Gasteiger partial charge is 0.462 e. The normalized spacial score (nSPS) is 10.9. The van der Waals surface area contributed by atoms with Crippen molar-refractivity contribution in [1.82, 2.24) is 14.8 Å². The number of aryl methyl sites for hydroxylation is 2. The van der Waals surface area contributed by atoms with Gasteiger partial charge < -0.3 is 9.72 Å². The molecule has 2 aromatic heterocycles. The summed E-state index contributed by atoms with van der Waals surface area (Å²) in [4.78, 5) is 26.1. The Morgan fingerprint density at radius 2 is 2.21 bits per heavy atom. The lowest BCUT2D eigenvalue weighted by Crippen LogP contribution is -2.12. The van der Waals surface area contributed by atoms with E-state index in [1.807, 2.05) is 13.8 Å². The van der Waals surface area contributed by atoms with E-state index in [0.717, 1.165) is 18.7 Å². The summed E-state index contributed by atoms with van der Waals surface area (Å²) >= 11 is 0. The highest BCUT2D eigenvalue weighted by Crippen LogP contribution is 2.20. The van der Waals surface area contributed by atoms with Gasteiger partial charge in [0.15, 0.2) is 5.65 Å². The number of carbonyl (C=O) groups is 1. The Morgan fingerprint density at radius 1 is 1.47 bits per heavy atom. The molecule has 6 heteroatoms. The number of pyridine rings is 1. The maximum Gasteiger partial charge on any atom is 0.339 e. The van der Waals surface area contributed by atoms with Crippen LogP contribution in [-0.2, 0) is 11.3 Å². The Balaban J connectivity index is 2.68. The van der Waals surface area contributed by atoms with E-state index in [4.69, 9.17) is 4.74 Å². The topological polar surface area (TPSA) is 77.0 Å². The first-order chi connectivity index (χ1) is 9.08. The van der Waals surface area contributed by atoms with Crippen molar-refractivity contribution in [2.75, 3.05) is 6.61 Å². The van der Waals surface area contributed by atoms with Gasteiger partial charge in [0.05, 0.1) is 17.6 Å². The van der Waals surface area contributed by atoms with Gasteiger partial charge in [-0.1, -0.05) is 6.92 Å². The zero-order valence-corrected chi connectivity index (χ0v) is 11.3. The van der Waals surface area contributed by atoms with Crippen LogP contribution in [0.3, 0.4) is 0 Å². The van der Waals surface area contributed by atoms with Crippen molar-refractivity contribution >= 4 is 17.0 Å². The van der Waals surface area contributed by atoms with Gasteiger partial charge in [0.25, 0.3) is 0 Å². The van der Waals surface area contributed by atoms with Crippen molar-refractivity contribution in [3.05, 3.63) is 27.7 Å². The fourth-order valence-corrected chi connectivity index (χ4v) is 2.11. The summed E-state index contributed by atoms with van der Waals surface area (Å²) in [5.74, 6) is -0.488. The van der Waals surface area contributed by atoms with E-state index < -0.39 is 5.97 Å². The summed E-state index contributed by atoms with van der Waals surface area (Å²) < 4.78 is 6.78. The molecule has 2 heterocycles. The molecule has 0 fully saturated rings. The number of ether oxygens (including phenoxy) is 1. The van der Waals surface area contributed by atoms with Gasteiger partial charge in [-0.2, -0.15) is 5.10 Å². The maximum absolute atomic E-state index is 11.9. The zero-order valence-electron chi connectivity index (χ0n) is 11.3. The Labute approximate surface area is 110 Å². The molecule has 0 unspecified atom stereocenters. The van der Waals surface area contributed by atoms with E-state index >= 15 is 0 Å². The maximum atomic E-state index is 11.9. The minimum Gasteiger partial charge on any atom is -0.462 e. The second-order valence-electron chi connectivity index (χ2n) is 4.30. The van der Waals surface area contributed by atoms with Crippen molar-refractivity contribution in [2.45, 2.75) is 33.7 Å². The number of rotatable bonds is 4. The molecule has 0 bridgehead atoms. The Morgan fingerprint density at radius 3 is 2.84 bits per heavy atom. The molecular weight excluding hydrogens is 246 g/mol. The SMILES string of the molecule is CCCn1nc2[nH]c(=O)cc(C(=O)OCC)c2c1C. The third kappa shape index (κ3) is 2.38. The van der Waals surface area contributed by atoms with Gasteiger partial charge in [0, 0.05) is 18.3 Å². The number of hydrogen-bond donors (Lipinski definition) is 1. The fourth-order valence-electron chi connectivity index (χ4n) is 2.11. The van der Waals surface area contributed by atoms with Crippen LogP contribution in [0.15, 0.2) is 10.9 Å².